The number of carbonyl (C=O) groups excluding carboxylic acids is 2. The summed E-state index contributed by atoms with van der Waals surface area (Å²) in [6.45, 7) is 2.74. The van der Waals surface area contributed by atoms with E-state index in [1.807, 2.05) is 0 Å². The van der Waals surface area contributed by atoms with Crippen LogP contribution in [0.3, 0.4) is 0 Å². The highest BCUT2D eigenvalue weighted by atomic mass is 35.5. The molecule has 38 heavy (non-hydrogen) atoms. The Morgan fingerprint density at radius 2 is 0.842 bits per heavy atom. The van der Waals surface area contributed by atoms with E-state index in [0.717, 1.165) is 0 Å². The maximum Gasteiger partial charge on any atom is 0.342 e. The first kappa shape index (κ1) is 35.9. The Labute approximate surface area is 269 Å². The molecule has 0 aromatic heterocycles. The van der Waals surface area contributed by atoms with Crippen molar-refractivity contribution in [3.8, 4) is 11.5 Å². The third kappa shape index (κ3) is 13.0. The number of rotatable bonds is 10. The summed E-state index contributed by atoms with van der Waals surface area (Å²) in [6, 6.07) is 5.87. The van der Waals surface area contributed by atoms with Crippen LogP contribution in [0.1, 0.15) is 13.8 Å². The van der Waals surface area contributed by atoms with Crippen molar-refractivity contribution in [1.29, 1.82) is 0 Å². The molecule has 212 valence electrons. The van der Waals surface area contributed by atoms with Gasteiger partial charge in [0.2, 0.25) is 8.67 Å². The molecule has 0 aliphatic carbocycles. The molecule has 0 bridgehead atoms. The summed E-state index contributed by atoms with van der Waals surface area (Å²) in [6.07, 6.45) is 0. The van der Waals surface area contributed by atoms with Gasteiger partial charge in [0, 0.05) is 12.1 Å². The Morgan fingerprint density at radius 1 is 0.553 bits per heavy atom. The van der Waals surface area contributed by atoms with Gasteiger partial charge in [-0.3, -0.25) is 0 Å². The molecule has 0 saturated heterocycles. The largest absolute Gasteiger partial charge is 0.488 e. The lowest BCUT2D eigenvalue weighted by Gasteiger charge is -2.13. The number of alkyl halides is 4. The first-order valence-electron chi connectivity index (χ1n) is 10.1. The van der Waals surface area contributed by atoms with Crippen molar-refractivity contribution < 1.29 is 28.5 Å². The highest BCUT2D eigenvalue weighted by Gasteiger charge is 2.29. The van der Waals surface area contributed by atoms with Crippen molar-refractivity contribution in [2.24, 2.45) is 0 Å². The van der Waals surface area contributed by atoms with E-state index in [4.69, 9.17) is 135 Å². The van der Waals surface area contributed by atoms with Crippen molar-refractivity contribution in [1.82, 2.24) is 0 Å². The van der Waals surface area contributed by atoms with Gasteiger partial charge in [-0.25, -0.2) is 9.59 Å². The fraction of sp³-hybridized carbons (Fsp3) is 0.364. The fourth-order valence-corrected chi connectivity index (χ4v) is 3.46. The molecule has 0 unspecified atom stereocenters. The normalized spacial score (nSPS) is 11.3. The molecule has 0 aliphatic heterocycles. The van der Waals surface area contributed by atoms with Crippen molar-refractivity contribution in [2.45, 2.75) is 22.5 Å². The molecule has 0 heterocycles. The molecular weight excluding hydrogens is 715 g/mol. The summed E-state index contributed by atoms with van der Waals surface area (Å²) in [4.78, 5) is 22.5. The van der Waals surface area contributed by atoms with Gasteiger partial charge in [-0.05, 0) is 26.0 Å². The molecule has 2 aromatic carbocycles. The summed E-state index contributed by atoms with van der Waals surface area (Å²) >= 11 is 57.1. The van der Waals surface area contributed by atoms with E-state index in [-0.39, 0.29) is 26.4 Å². The van der Waals surface area contributed by atoms with Crippen LogP contribution in [0.25, 0.3) is 0 Å². The molecule has 0 radical (unpaired) electrons. The van der Waals surface area contributed by atoms with Crippen LogP contribution >= 0.6 is 116 Å². The summed E-state index contributed by atoms with van der Waals surface area (Å²) in [5, 5.41) is 1.88. The van der Waals surface area contributed by atoms with Gasteiger partial charge in [0.25, 0.3) is 0 Å². The highest BCUT2D eigenvalue weighted by molar-refractivity contribution is 6.57. The number of carbonyl (C=O) groups is 2. The molecule has 0 fully saturated rings. The molecule has 0 saturated carbocycles. The maximum atomic E-state index is 11.2. The quantitative estimate of drug-likeness (QED) is 0.105. The van der Waals surface area contributed by atoms with Crippen LogP contribution in [0.4, 0.5) is 0 Å². The lowest BCUT2D eigenvalue weighted by atomic mass is 10.3. The van der Waals surface area contributed by atoms with Gasteiger partial charge < -0.3 is 18.9 Å². The van der Waals surface area contributed by atoms with Gasteiger partial charge in [-0.1, -0.05) is 116 Å². The minimum Gasteiger partial charge on any atom is -0.488 e. The summed E-state index contributed by atoms with van der Waals surface area (Å²) < 4.78 is 17.0. The van der Waals surface area contributed by atoms with E-state index >= 15 is 0 Å². The number of hydrogen-bond donors (Lipinski definition) is 0. The lowest BCUT2D eigenvalue weighted by molar-refractivity contribution is -0.145. The molecule has 2 aromatic rings. The van der Waals surface area contributed by atoms with E-state index in [9.17, 15) is 9.59 Å². The first-order chi connectivity index (χ1) is 17.4. The van der Waals surface area contributed by atoms with Crippen LogP contribution < -0.4 is 9.47 Å². The van der Waals surface area contributed by atoms with Gasteiger partial charge >= 0.3 is 11.9 Å². The Hall–Kier alpha value is -0.120. The summed E-state index contributed by atoms with van der Waals surface area (Å²) in [7, 11) is 0. The Bertz CT molecular complexity index is 1030. The van der Waals surface area contributed by atoms with Crippen LogP contribution in [0.15, 0.2) is 24.3 Å². The number of hydrogen-bond acceptors (Lipinski definition) is 6. The van der Waals surface area contributed by atoms with Crippen LogP contribution in [-0.4, -0.2) is 47.0 Å². The molecule has 2 rings (SSSR count). The zero-order valence-electron chi connectivity index (χ0n) is 19.4. The van der Waals surface area contributed by atoms with Gasteiger partial charge in [-0.15, -0.1) is 0 Å². The number of halogens is 10. The summed E-state index contributed by atoms with van der Waals surface area (Å²) in [5.41, 5.74) is 0. The number of esters is 2. The first-order valence-corrected chi connectivity index (χ1v) is 13.9. The Balaban J connectivity index is 0.000000380. The second-order valence-corrected chi connectivity index (χ2v) is 13.0. The predicted octanol–water partition coefficient (Wildman–Crippen LogP) is 9.53. The molecule has 16 heteroatoms. The van der Waals surface area contributed by atoms with E-state index < -0.39 is 20.6 Å². The predicted molar refractivity (Wildman–Crippen MR) is 156 cm³/mol. The molecule has 0 spiro atoms. The summed E-state index contributed by atoms with van der Waals surface area (Å²) in [5.74, 6) is -0.822. The maximum absolute atomic E-state index is 11.2. The lowest BCUT2D eigenvalue weighted by Crippen LogP contribution is -2.26. The average Bonchev–Trinajstić information content (AvgIpc) is 2.79. The van der Waals surface area contributed by atoms with Crippen molar-refractivity contribution in [2.75, 3.05) is 26.4 Å². The Kier molecular flexibility index (Phi) is 15.5. The van der Waals surface area contributed by atoms with Crippen LogP contribution in [0.2, 0.25) is 30.1 Å². The molecule has 0 N–H and O–H groups in total. The standard InChI is InChI=1S/2C11H9Cl5O3/c2*1-11(15,16)10(17)19-3-2-18-9-5-7(13)6(12)4-8(9)14/h2*4-5H,2-3H2,1H3. The Morgan fingerprint density at radius 3 is 1.13 bits per heavy atom. The fourth-order valence-electron chi connectivity index (χ4n) is 2.06. The number of ether oxygens (including phenoxy) is 4. The van der Waals surface area contributed by atoms with Crippen LogP contribution in [0, 0.1) is 0 Å². The topological polar surface area (TPSA) is 71.1 Å². The van der Waals surface area contributed by atoms with E-state index in [1.54, 1.807) is 0 Å². The van der Waals surface area contributed by atoms with E-state index in [0.29, 0.717) is 41.6 Å². The van der Waals surface area contributed by atoms with E-state index in [1.165, 1.54) is 38.1 Å². The van der Waals surface area contributed by atoms with Crippen LogP contribution in [-0.2, 0) is 19.1 Å². The molecule has 0 amide bonds. The number of benzene rings is 2. The smallest absolute Gasteiger partial charge is 0.342 e. The van der Waals surface area contributed by atoms with Crippen molar-refractivity contribution >= 4 is 128 Å². The second-order valence-electron chi connectivity index (χ2n) is 7.14. The molecule has 6 nitrogen and oxygen atoms in total. The SMILES string of the molecule is CC(Cl)(Cl)C(=O)OCCOc1cc(Cl)c(Cl)cc1Cl.CC(Cl)(Cl)C(=O)OCCOc1cc(Cl)c(Cl)cc1Cl. The monoisotopic (exact) mass is 728 g/mol. The van der Waals surface area contributed by atoms with Gasteiger partial charge in [0.1, 0.15) is 37.9 Å². The van der Waals surface area contributed by atoms with Gasteiger partial charge in [0.15, 0.2) is 0 Å². The van der Waals surface area contributed by atoms with Crippen molar-refractivity contribution in [3.05, 3.63) is 54.4 Å². The average molecular weight is 733 g/mol. The molecular formula is C22H18Cl10O6. The second kappa shape index (κ2) is 16.4. The highest BCUT2D eigenvalue weighted by Crippen LogP contribution is 2.35. The van der Waals surface area contributed by atoms with Gasteiger partial charge in [-0.2, -0.15) is 0 Å². The minimum absolute atomic E-state index is 0.0234. The third-order valence-corrected chi connectivity index (χ3v) is 6.47. The molecule has 0 atom stereocenters. The van der Waals surface area contributed by atoms with Crippen LogP contribution in [0.5, 0.6) is 11.5 Å². The zero-order valence-corrected chi connectivity index (χ0v) is 26.9. The van der Waals surface area contributed by atoms with E-state index in [2.05, 4.69) is 0 Å². The zero-order chi connectivity index (χ0) is 29.3. The van der Waals surface area contributed by atoms with Gasteiger partial charge in [0.05, 0.1) is 30.1 Å². The molecule has 0 aliphatic rings. The third-order valence-electron chi connectivity index (χ3n) is 3.81. The van der Waals surface area contributed by atoms with Crippen molar-refractivity contribution in [3.63, 3.8) is 0 Å². The minimum atomic E-state index is -1.58.